The Morgan fingerprint density at radius 1 is 1.31 bits per heavy atom. The quantitative estimate of drug-likeness (QED) is 0.715. The number of hydrogen-bond donors (Lipinski definition) is 0. The van der Waals surface area contributed by atoms with E-state index in [9.17, 15) is 0 Å². The van der Waals surface area contributed by atoms with Crippen LogP contribution in [-0.4, -0.2) is 24.2 Å². The standard InChI is InChI=1S/C11H14OS/c1-2-4-10(5-3-1)8-11-9-13-7-6-12-11/h1-5,11H,6-9H2. The van der Waals surface area contributed by atoms with Crippen LogP contribution in [0.15, 0.2) is 30.3 Å². The molecule has 0 N–H and O–H groups in total. The van der Waals surface area contributed by atoms with Gasteiger partial charge in [0.1, 0.15) is 0 Å². The highest BCUT2D eigenvalue weighted by Crippen LogP contribution is 2.16. The van der Waals surface area contributed by atoms with E-state index >= 15 is 0 Å². The molecule has 1 saturated heterocycles. The minimum atomic E-state index is 0.432. The van der Waals surface area contributed by atoms with E-state index in [1.165, 1.54) is 5.56 Å². The summed E-state index contributed by atoms with van der Waals surface area (Å²) in [6.45, 7) is 0.919. The van der Waals surface area contributed by atoms with Crippen LogP contribution >= 0.6 is 11.8 Å². The maximum Gasteiger partial charge on any atom is 0.0706 e. The Labute approximate surface area is 83.5 Å². The van der Waals surface area contributed by atoms with Crippen molar-refractivity contribution in [3.63, 3.8) is 0 Å². The molecule has 70 valence electrons. The van der Waals surface area contributed by atoms with Crippen molar-refractivity contribution in [2.75, 3.05) is 18.1 Å². The third-order valence-corrected chi connectivity index (χ3v) is 3.25. The third kappa shape index (κ3) is 2.75. The molecule has 0 aliphatic carbocycles. The molecule has 1 fully saturated rings. The van der Waals surface area contributed by atoms with Crippen molar-refractivity contribution >= 4 is 11.8 Å². The summed E-state index contributed by atoms with van der Waals surface area (Å²) in [5, 5.41) is 0. The molecule has 0 aromatic heterocycles. The van der Waals surface area contributed by atoms with Crippen LogP contribution in [0, 0.1) is 0 Å². The number of rotatable bonds is 2. The maximum atomic E-state index is 5.66. The van der Waals surface area contributed by atoms with E-state index in [1.807, 2.05) is 11.8 Å². The molecule has 1 heterocycles. The fourth-order valence-electron chi connectivity index (χ4n) is 1.53. The molecular formula is C11H14OS. The highest BCUT2D eigenvalue weighted by Gasteiger charge is 2.13. The lowest BCUT2D eigenvalue weighted by molar-refractivity contribution is 0.0762. The second-order valence-electron chi connectivity index (χ2n) is 3.26. The summed E-state index contributed by atoms with van der Waals surface area (Å²) in [4.78, 5) is 0. The van der Waals surface area contributed by atoms with Gasteiger partial charge in [0.2, 0.25) is 0 Å². The summed E-state index contributed by atoms with van der Waals surface area (Å²) in [6, 6.07) is 10.6. The Morgan fingerprint density at radius 3 is 2.85 bits per heavy atom. The number of ether oxygens (including phenoxy) is 1. The molecule has 0 amide bonds. The van der Waals surface area contributed by atoms with E-state index in [2.05, 4.69) is 30.3 Å². The first kappa shape index (κ1) is 9.10. The van der Waals surface area contributed by atoms with Crippen molar-refractivity contribution in [1.82, 2.24) is 0 Å². The van der Waals surface area contributed by atoms with E-state index in [4.69, 9.17) is 4.74 Å². The van der Waals surface area contributed by atoms with Crippen molar-refractivity contribution in [2.45, 2.75) is 12.5 Å². The molecule has 2 heteroatoms. The average molecular weight is 194 g/mol. The van der Waals surface area contributed by atoms with Crippen molar-refractivity contribution < 1.29 is 4.74 Å². The van der Waals surface area contributed by atoms with E-state index in [0.29, 0.717) is 6.10 Å². The number of benzene rings is 1. The SMILES string of the molecule is c1ccc(CC2CSCCO2)cc1. The Hall–Kier alpha value is -0.470. The number of hydrogen-bond acceptors (Lipinski definition) is 2. The first-order chi connectivity index (χ1) is 6.45. The monoisotopic (exact) mass is 194 g/mol. The van der Waals surface area contributed by atoms with Crippen LogP contribution in [-0.2, 0) is 11.2 Å². The fraction of sp³-hybridized carbons (Fsp3) is 0.455. The molecule has 1 aromatic carbocycles. The molecule has 0 spiro atoms. The van der Waals surface area contributed by atoms with Gasteiger partial charge in [-0.1, -0.05) is 30.3 Å². The highest BCUT2D eigenvalue weighted by atomic mass is 32.2. The van der Waals surface area contributed by atoms with Gasteiger partial charge in [0.25, 0.3) is 0 Å². The topological polar surface area (TPSA) is 9.23 Å². The molecular weight excluding hydrogens is 180 g/mol. The molecule has 1 aliphatic rings. The van der Waals surface area contributed by atoms with Gasteiger partial charge >= 0.3 is 0 Å². The van der Waals surface area contributed by atoms with Crippen molar-refractivity contribution in [1.29, 1.82) is 0 Å². The van der Waals surface area contributed by atoms with Gasteiger partial charge in [-0.25, -0.2) is 0 Å². The summed E-state index contributed by atoms with van der Waals surface area (Å²) in [5.74, 6) is 2.31. The summed E-state index contributed by atoms with van der Waals surface area (Å²) >= 11 is 2.00. The van der Waals surface area contributed by atoms with Crippen LogP contribution in [0.5, 0.6) is 0 Å². The van der Waals surface area contributed by atoms with Gasteiger partial charge in [0, 0.05) is 11.5 Å². The first-order valence-corrected chi connectivity index (χ1v) is 5.84. The van der Waals surface area contributed by atoms with Crippen LogP contribution in [0.25, 0.3) is 0 Å². The van der Waals surface area contributed by atoms with Gasteiger partial charge in [-0.15, -0.1) is 0 Å². The molecule has 1 nitrogen and oxygen atoms in total. The van der Waals surface area contributed by atoms with Crippen LogP contribution in [0.2, 0.25) is 0 Å². The zero-order valence-electron chi connectivity index (χ0n) is 7.61. The number of thioether (sulfide) groups is 1. The smallest absolute Gasteiger partial charge is 0.0706 e. The molecule has 1 aliphatic heterocycles. The summed E-state index contributed by atoms with van der Waals surface area (Å²) in [7, 11) is 0. The molecule has 0 saturated carbocycles. The maximum absolute atomic E-state index is 5.66. The lowest BCUT2D eigenvalue weighted by Gasteiger charge is -2.22. The van der Waals surface area contributed by atoms with Gasteiger partial charge in [0.15, 0.2) is 0 Å². The molecule has 0 radical (unpaired) electrons. The molecule has 1 aromatic rings. The Balaban J connectivity index is 1.90. The summed E-state index contributed by atoms with van der Waals surface area (Å²) < 4.78 is 5.66. The Bertz CT molecular complexity index is 242. The molecule has 13 heavy (non-hydrogen) atoms. The zero-order chi connectivity index (χ0) is 8.93. The highest BCUT2D eigenvalue weighted by molar-refractivity contribution is 7.99. The normalized spacial score (nSPS) is 22.9. The van der Waals surface area contributed by atoms with Gasteiger partial charge in [0.05, 0.1) is 12.7 Å². The molecule has 1 atom stereocenters. The van der Waals surface area contributed by atoms with Gasteiger partial charge < -0.3 is 4.74 Å². The lowest BCUT2D eigenvalue weighted by Crippen LogP contribution is -2.25. The summed E-state index contributed by atoms with van der Waals surface area (Å²) in [5.41, 5.74) is 1.38. The third-order valence-electron chi connectivity index (χ3n) is 2.19. The largest absolute Gasteiger partial charge is 0.376 e. The molecule has 1 unspecified atom stereocenters. The van der Waals surface area contributed by atoms with Gasteiger partial charge in [-0.2, -0.15) is 11.8 Å². The average Bonchev–Trinajstić information content (AvgIpc) is 2.21. The minimum Gasteiger partial charge on any atom is -0.376 e. The minimum absolute atomic E-state index is 0.432. The van der Waals surface area contributed by atoms with E-state index in [0.717, 1.165) is 24.5 Å². The predicted molar refractivity (Wildman–Crippen MR) is 57.2 cm³/mol. The van der Waals surface area contributed by atoms with Gasteiger partial charge in [-0.3, -0.25) is 0 Å². The van der Waals surface area contributed by atoms with E-state index in [-0.39, 0.29) is 0 Å². The van der Waals surface area contributed by atoms with Crippen LogP contribution in [0.3, 0.4) is 0 Å². The Morgan fingerprint density at radius 2 is 2.15 bits per heavy atom. The van der Waals surface area contributed by atoms with Gasteiger partial charge in [-0.05, 0) is 12.0 Å². The van der Waals surface area contributed by atoms with Crippen LogP contribution in [0.4, 0.5) is 0 Å². The van der Waals surface area contributed by atoms with Crippen molar-refractivity contribution in [3.8, 4) is 0 Å². The van der Waals surface area contributed by atoms with E-state index < -0.39 is 0 Å². The lowest BCUT2D eigenvalue weighted by atomic mass is 10.1. The fourth-order valence-corrected chi connectivity index (χ4v) is 2.39. The first-order valence-electron chi connectivity index (χ1n) is 4.68. The van der Waals surface area contributed by atoms with E-state index in [1.54, 1.807) is 0 Å². The molecule has 0 bridgehead atoms. The van der Waals surface area contributed by atoms with Crippen molar-refractivity contribution in [3.05, 3.63) is 35.9 Å². The second-order valence-corrected chi connectivity index (χ2v) is 4.41. The zero-order valence-corrected chi connectivity index (χ0v) is 8.43. The van der Waals surface area contributed by atoms with Crippen molar-refractivity contribution in [2.24, 2.45) is 0 Å². The predicted octanol–water partition coefficient (Wildman–Crippen LogP) is 2.36. The molecule has 2 rings (SSSR count). The summed E-state index contributed by atoms with van der Waals surface area (Å²) in [6.07, 6.45) is 1.49. The Kier molecular flexibility index (Phi) is 3.27. The van der Waals surface area contributed by atoms with Crippen LogP contribution in [0.1, 0.15) is 5.56 Å². The van der Waals surface area contributed by atoms with Crippen LogP contribution < -0.4 is 0 Å². The second kappa shape index (κ2) is 4.68.